The van der Waals surface area contributed by atoms with E-state index in [1.165, 1.54) is 93.9 Å². The first kappa shape index (κ1) is 45.2. The van der Waals surface area contributed by atoms with Crippen LogP contribution >= 0.6 is 0 Å². The number of fused-ring (bicyclic) bond motifs is 9. The van der Waals surface area contributed by atoms with Crippen molar-refractivity contribution in [2.45, 2.75) is 6.92 Å². The molecule has 0 atom stereocenters. The lowest BCUT2D eigenvalue weighted by molar-refractivity contribution is 0.669. The van der Waals surface area contributed by atoms with E-state index in [2.05, 4.69) is 296 Å². The van der Waals surface area contributed by atoms with Crippen LogP contribution < -0.4 is 9.80 Å². The highest BCUT2D eigenvalue weighted by atomic mass is 16.3. The van der Waals surface area contributed by atoms with Crippen molar-refractivity contribution < 1.29 is 4.42 Å². The van der Waals surface area contributed by atoms with Crippen molar-refractivity contribution in [2.24, 2.45) is 0 Å². The maximum atomic E-state index is 6.81. The molecule has 3 nitrogen and oxygen atoms in total. The molecule has 1 aliphatic rings. The van der Waals surface area contributed by atoms with Gasteiger partial charge in [0.1, 0.15) is 5.58 Å². The summed E-state index contributed by atoms with van der Waals surface area (Å²) in [6, 6.07) is 104. The summed E-state index contributed by atoms with van der Waals surface area (Å²) in [6.45, 7) is 2.21. The molecule has 0 spiro atoms. The molecular weight excluding hydrogens is 945 g/mol. The molecule has 1 aliphatic carbocycles. The largest absolute Gasteiger partial charge is 0.454 e. The van der Waals surface area contributed by atoms with Crippen LogP contribution in [0.5, 0.6) is 0 Å². The van der Waals surface area contributed by atoms with Crippen molar-refractivity contribution in [3.63, 3.8) is 0 Å². The van der Waals surface area contributed by atoms with Gasteiger partial charge >= 0.3 is 0 Å². The summed E-state index contributed by atoms with van der Waals surface area (Å²) in [5.41, 5.74) is 24.0. The van der Waals surface area contributed by atoms with Crippen LogP contribution in [0.4, 0.5) is 34.1 Å². The maximum Gasteiger partial charge on any atom is 0.159 e. The van der Waals surface area contributed by atoms with Crippen molar-refractivity contribution in [1.29, 1.82) is 0 Å². The van der Waals surface area contributed by atoms with Gasteiger partial charge < -0.3 is 14.2 Å². The molecule has 0 aliphatic heterocycles. The molecule has 366 valence electrons. The Bertz CT molecular complexity index is 4590. The smallest absolute Gasteiger partial charge is 0.159 e. The summed E-state index contributed by atoms with van der Waals surface area (Å²) in [4.78, 5) is 4.79. The van der Waals surface area contributed by atoms with E-state index in [1.54, 1.807) is 0 Å². The van der Waals surface area contributed by atoms with Crippen molar-refractivity contribution in [3.05, 3.63) is 291 Å². The maximum absolute atomic E-state index is 6.81. The molecule has 0 saturated carbocycles. The monoisotopic (exact) mass is 994 g/mol. The number of furan rings is 1. The van der Waals surface area contributed by atoms with Crippen LogP contribution in [0.1, 0.15) is 5.56 Å². The first-order chi connectivity index (χ1) is 38.7. The van der Waals surface area contributed by atoms with E-state index in [-0.39, 0.29) is 0 Å². The highest BCUT2D eigenvalue weighted by molar-refractivity contribution is 6.33. The fourth-order valence-corrected chi connectivity index (χ4v) is 12.5. The third-order valence-electron chi connectivity index (χ3n) is 15.9. The van der Waals surface area contributed by atoms with Gasteiger partial charge in [0.15, 0.2) is 5.58 Å². The van der Waals surface area contributed by atoms with Gasteiger partial charge in [-0.2, -0.15) is 0 Å². The number of rotatable bonds is 10. The van der Waals surface area contributed by atoms with E-state index in [1.807, 2.05) is 6.07 Å². The van der Waals surface area contributed by atoms with Crippen molar-refractivity contribution in [2.75, 3.05) is 9.80 Å². The molecule has 0 amide bonds. The van der Waals surface area contributed by atoms with Gasteiger partial charge in [-0.15, -0.1) is 0 Å². The first-order valence-corrected chi connectivity index (χ1v) is 26.8. The lowest BCUT2D eigenvalue weighted by atomic mass is 9.65. The molecule has 1 heterocycles. The molecule has 0 fully saturated rings. The predicted molar refractivity (Wildman–Crippen MR) is 329 cm³/mol. The van der Waals surface area contributed by atoms with Gasteiger partial charge in [0.05, 0.1) is 5.69 Å². The number of anilines is 6. The minimum Gasteiger partial charge on any atom is -0.454 e. The number of nitrogens with zero attached hydrogens (tertiary/aromatic N) is 2. The Morgan fingerprint density at radius 2 is 0.603 bits per heavy atom. The second-order valence-electron chi connectivity index (χ2n) is 20.3. The number of hydrogen-bond acceptors (Lipinski definition) is 3. The van der Waals surface area contributed by atoms with Crippen molar-refractivity contribution in [3.8, 4) is 66.8 Å². The highest BCUT2D eigenvalue weighted by Gasteiger charge is 2.39. The van der Waals surface area contributed by atoms with Gasteiger partial charge in [0.2, 0.25) is 0 Å². The van der Waals surface area contributed by atoms with Gasteiger partial charge in [-0.1, -0.05) is 218 Å². The molecule has 15 rings (SSSR count). The zero-order chi connectivity index (χ0) is 51.7. The molecule has 78 heavy (non-hydrogen) atoms. The van der Waals surface area contributed by atoms with Gasteiger partial charge in [-0.05, 0) is 168 Å². The Morgan fingerprint density at radius 3 is 1.06 bits per heavy atom. The van der Waals surface area contributed by atoms with Crippen LogP contribution in [0.15, 0.2) is 290 Å². The first-order valence-electron chi connectivity index (χ1n) is 26.8. The molecule has 0 N–H and O–H groups in total. The number of hydrogen-bond donors (Lipinski definition) is 0. The normalized spacial score (nSPS) is 11.7. The zero-order valence-electron chi connectivity index (χ0n) is 42.9. The van der Waals surface area contributed by atoms with Gasteiger partial charge in [-0.25, -0.2) is 0 Å². The van der Waals surface area contributed by atoms with E-state index < -0.39 is 0 Å². The van der Waals surface area contributed by atoms with Crippen LogP contribution in [0, 0.1) is 6.92 Å². The third-order valence-corrected chi connectivity index (χ3v) is 15.9. The Balaban J connectivity index is 1.08. The Kier molecular flexibility index (Phi) is 10.8. The molecule has 0 saturated heterocycles. The predicted octanol–water partition coefficient (Wildman–Crippen LogP) is 21.5. The fraction of sp³-hybridized carbons (Fsp3) is 0.0133. The molecule has 0 bridgehead atoms. The van der Waals surface area contributed by atoms with E-state index in [0.717, 1.165) is 56.1 Å². The SMILES string of the molecule is Cc1ccccc1N(c1ccccc1)c1ccc2c(-c3ccccc3)c3c(c(-c4ccccc4)c2c1)-c1c-3c(-c2ccccc2)c2cc(N(c3ccccc3)c3cccc4c3oc3ccccc34)ccc2c1-c1ccccc1. The lowest BCUT2D eigenvalue weighted by Crippen LogP contribution is -2.13. The van der Waals surface area contributed by atoms with Crippen LogP contribution in [0.25, 0.3) is 110 Å². The van der Waals surface area contributed by atoms with Crippen LogP contribution in [-0.2, 0) is 0 Å². The van der Waals surface area contributed by atoms with Crippen LogP contribution in [0.3, 0.4) is 0 Å². The highest BCUT2D eigenvalue weighted by Crippen LogP contribution is 2.66. The van der Waals surface area contributed by atoms with Gasteiger partial charge in [0, 0.05) is 39.2 Å². The van der Waals surface area contributed by atoms with E-state index in [4.69, 9.17) is 4.42 Å². The van der Waals surface area contributed by atoms with Crippen molar-refractivity contribution >= 4 is 77.6 Å². The van der Waals surface area contributed by atoms with Gasteiger partial charge in [0.25, 0.3) is 0 Å². The van der Waals surface area contributed by atoms with E-state index in [0.29, 0.717) is 0 Å². The number of aryl methyl sites for hydroxylation is 1. The summed E-state index contributed by atoms with van der Waals surface area (Å²) in [5.74, 6) is 0. The molecule has 1 aromatic heterocycles. The molecule has 14 aromatic rings. The Hall–Kier alpha value is -10.2. The summed E-state index contributed by atoms with van der Waals surface area (Å²) < 4.78 is 6.81. The molecular formula is C75H50N2O. The standard InChI is InChI=1S/C75H50N2O/c1-49-25-20-22-40-64(49)76(54-34-16-6-17-35-54)56-43-45-59-62(47-56)69(52-30-12-4-13-31-52)73-71(67(59)50-26-8-2-9-27-50)74-70(53-32-14-5-15-33-53)63-48-57(44-46-60(63)68(72(73)74)51-28-10-3-11-29-51)77(55-36-18-7-19-37-55)65-41-24-39-61-58-38-21-23-42-66(58)78-75(61)65/h2-48H,1H3. The van der Waals surface area contributed by atoms with Crippen LogP contribution in [-0.4, -0.2) is 0 Å². The van der Waals surface area contributed by atoms with Crippen LogP contribution in [0.2, 0.25) is 0 Å². The minimum absolute atomic E-state index is 0.851. The summed E-state index contributed by atoms with van der Waals surface area (Å²) in [5, 5.41) is 6.95. The minimum atomic E-state index is 0.851. The zero-order valence-corrected chi connectivity index (χ0v) is 42.9. The fourth-order valence-electron chi connectivity index (χ4n) is 12.5. The average molecular weight is 995 g/mol. The number of para-hydroxylation sites is 5. The second-order valence-corrected chi connectivity index (χ2v) is 20.3. The summed E-state index contributed by atoms with van der Waals surface area (Å²) in [6.07, 6.45) is 0. The Labute approximate surface area is 453 Å². The van der Waals surface area contributed by atoms with E-state index >= 15 is 0 Å². The third kappa shape index (κ3) is 7.20. The molecule has 3 heteroatoms. The van der Waals surface area contributed by atoms with Crippen molar-refractivity contribution in [1.82, 2.24) is 0 Å². The lowest BCUT2D eigenvalue weighted by Gasteiger charge is -2.38. The summed E-state index contributed by atoms with van der Waals surface area (Å²) in [7, 11) is 0. The number of benzene rings is 13. The molecule has 0 radical (unpaired) electrons. The molecule has 13 aromatic carbocycles. The quantitative estimate of drug-likeness (QED) is 0.136. The van der Waals surface area contributed by atoms with Gasteiger partial charge in [-0.3, -0.25) is 0 Å². The topological polar surface area (TPSA) is 19.6 Å². The average Bonchev–Trinajstić information content (AvgIpc) is 4.02. The molecule has 0 unspecified atom stereocenters. The van der Waals surface area contributed by atoms with E-state index in [9.17, 15) is 0 Å². The summed E-state index contributed by atoms with van der Waals surface area (Å²) >= 11 is 0. The Morgan fingerprint density at radius 1 is 0.244 bits per heavy atom. The second kappa shape index (κ2) is 18.6.